The summed E-state index contributed by atoms with van der Waals surface area (Å²) in [5.74, 6) is 0.231. The minimum absolute atomic E-state index is 0.251. The van der Waals surface area contributed by atoms with Crippen LogP contribution in [-0.2, 0) is 6.54 Å². The molecule has 1 aromatic rings. The highest BCUT2D eigenvalue weighted by molar-refractivity contribution is 9.10. The fourth-order valence-corrected chi connectivity index (χ4v) is 2.24. The molecule has 0 aliphatic heterocycles. The highest BCUT2D eigenvalue weighted by Crippen LogP contribution is 2.14. The molecule has 4 heteroatoms. The number of hydrogen-bond donors (Lipinski definition) is 2. The van der Waals surface area contributed by atoms with E-state index in [1.807, 2.05) is 6.07 Å². The standard InChI is InChI=1S/C13H19BrFNO/c1-9(2)3-13(17)8-16-7-10-4-11(14)6-12(15)5-10/h4-6,9,13,16-17H,3,7-8H2,1-2H3. The second-order valence-corrected chi connectivity index (χ2v) is 5.61. The molecule has 1 rings (SSSR count). The molecule has 2 N–H and O–H groups in total. The zero-order chi connectivity index (χ0) is 12.8. The van der Waals surface area contributed by atoms with E-state index in [9.17, 15) is 9.50 Å². The lowest BCUT2D eigenvalue weighted by Crippen LogP contribution is -2.27. The average Bonchev–Trinajstić information content (AvgIpc) is 2.14. The Labute approximate surface area is 110 Å². The van der Waals surface area contributed by atoms with Gasteiger partial charge in [0.25, 0.3) is 0 Å². The van der Waals surface area contributed by atoms with Crippen LogP contribution in [0.4, 0.5) is 4.39 Å². The fraction of sp³-hybridized carbons (Fsp3) is 0.538. The van der Waals surface area contributed by atoms with Gasteiger partial charge in [0, 0.05) is 17.6 Å². The zero-order valence-electron chi connectivity index (χ0n) is 10.2. The Balaban J connectivity index is 2.35. The van der Waals surface area contributed by atoms with E-state index in [1.165, 1.54) is 12.1 Å². The van der Waals surface area contributed by atoms with Crippen molar-refractivity contribution in [2.45, 2.75) is 32.9 Å². The molecule has 1 aromatic carbocycles. The molecule has 0 bridgehead atoms. The molecule has 0 aromatic heterocycles. The Kier molecular flexibility index (Phi) is 6.09. The van der Waals surface area contributed by atoms with Gasteiger partial charge >= 0.3 is 0 Å². The summed E-state index contributed by atoms with van der Waals surface area (Å²) in [6.07, 6.45) is 0.437. The van der Waals surface area contributed by atoms with Gasteiger partial charge in [0.1, 0.15) is 5.82 Å². The van der Waals surface area contributed by atoms with E-state index in [-0.39, 0.29) is 11.9 Å². The summed E-state index contributed by atoms with van der Waals surface area (Å²) < 4.78 is 13.8. The number of nitrogens with one attached hydrogen (secondary N) is 1. The topological polar surface area (TPSA) is 32.3 Å². The predicted octanol–water partition coefficient (Wildman–Crippen LogP) is 3.08. The lowest BCUT2D eigenvalue weighted by atomic mass is 10.1. The zero-order valence-corrected chi connectivity index (χ0v) is 11.8. The van der Waals surface area contributed by atoms with Crippen LogP contribution in [0, 0.1) is 11.7 Å². The molecule has 0 saturated carbocycles. The number of aliphatic hydroxyl groups excluding tert-OH is 1. The minimum Gasteiger partial charge on any atom is -0.392 e. The summed E-state index contributed by atoms with van der Waals surface area (Å²) in [5.41, 5.74) is 0.869. The molecule has 0 aliphatic carbocycles. The van der Waals surface area contributed by atoms with Gasteiger partial charge in [-0.05, 0) is 36.1 Å². The van der Waals surface area contributed by atoms with Gasteiger partial charge in [-0.15, -0.1) is 0 Å². The molecule has 1 unspecified atom stereocenters. The van der Waals surface area contributed by atoms with Crippen LogP contribution < -0.4 is 5.32 Å². The van der Waals surface area contributed by atoms with Crippen molar-refractivity contribution >= 4 is 15.9 Å². The molecule has 2 nitrogen and oxygen atoms in total. The van der Waals surface area contributed by atoms with Crippen molar-refractivity contribution in [3.8, 4) is 0 Å². The fourth-order valence-electron chi connectivity index (χ4n) is 1.72. The number of hydrogen-bond acceptors (Lipinski definition) is 2. The van der Waals surface area contributed by atoms with E-state index in [2.05, 4.69) is 35.1 Å². The first-order valence-electron chi connectivity index (χ1n) is 5.81. The van der Waals surface area contributed by atoms with E-state index in [0.717, 1.165) is 16.5 Å². The summed E-state index contributed by atoms with van der Waals surface area (Å²) in [6, 6.07) is 4.79. The summed E-state index contributed by atoms with van der Waals surface area (Å²) in [6.45, 7) is 5.25. The van der Waals surface area contributed by atoms with Gasteiger partial charge in [0.2, 0.25) is 0 Å². The lowest BCUT2D eigenvalue weighted by molar-refractivity contribution is 0.146. The molecule has 0 amide bonds. The molecule has 0 aliphatic rings. The molecule has 17 heavy (non-hydrogen) atoms. The maximum atomic E-state index is 13.1. The number of rotatable bonds is 6. The maximum absolute atomic E-state index is 13.1. The van der Waals surface area contributed by atoms with Crippen LogP contribution in [-0.4, -0.2) is 17.8 Å². The Bertz CT molecular complexity index is 337. The number of halogens is 2. The third-order valence-corrected chi connectivity index (χ3v) is 2.83. The van der Waals surface area contributed by atoms with Crippen molar-refractivity contribution < 1.29 is 9.50 Å². The molecule has 96 valence electrons. The second-order valence-electron chi connectivity index (χ2n) is 4.69. The molecule has 0 radical (unpaired) electrons. The van der Waals surface area contributed by atoms with Crippen molar-refractivity contribution in [3.63, 3.8) is 0 Å². The summed E-state index contributed by atoms with van der Waals surface area (Å²) in [5, 5.41) is 12.8. The first-order valence-corrected chi connectivity index (χ1v) is 6.60. The Morgan fingerprint density at radius 3 is 2.65 bits per heavy atom. The highest BCUT2D eigenvalue weighted by Gasteiger charge is 2.06. The van der Waals surface area contributed by atoms with Crippen molar-refractivity contribution in [1.82, 2.24) is 5.32 Å². The van der Waals surface area contributed by atoms with Crippen molar-refractivity contribution in [2.75, 3.05) is 6.54 Å². The largest absolute Gasteiger partial charge is 0.392 e. The highest BCUT2D eigenvalue weighted by atomic mass is 79.9. The van der Waals surface area contributed by atoms with Crippen LogP contribution in [0.15, 0.2) is 22.7 Å². The minimum atomic E-state index is -0.341. The van der Waals surface area contributed by atoms with Gasteiger partial charge < -0.3 is 10.4 Å². The lowest BCUT2D eigenvalue weighted by Gasteiger charge is -2.14. The van der Waals surface area contributed by atoms with E-state index >= 15 is 0 Å². The SMILES string of the molecule is CC(C)CC(O)CNCc1cc(F)cc(Br)c1. The van der Waals surface area contributed by atoms with Crippen molar-refractivity contribution in [2.24, 2.45) is 5.92 Å². The van der Waals surface area contributed by atoms with Crippen LogP contribution >= 0.6 is 15.9 Å². The molecule has 0 spiro atoms. The molecule has 1 atom stereocenters. The average molecular weight is 304 g/mol. The predicted molar refractivity (Wildman–Crippen MR) is 71.3 cm³/mol. The first-order chi connectivity index (χ1) is 7.97. The molecular weight excluding hydrogens is 285 g/mol. The van der Waals surface area contributed by atoms with E-state index in [1.54, 1.807) is 0 Å². The Morgan fingerprint density at radius 2 is 2.06 bits per heavy atom. The van der Waals surface area contributed by atoms with Crippen molar-refractivity contribution in [3.05, 3.63) is 34.1 Å². The molecular formula is C13H19BrFNO. The quantitative estimate of drug-likeness (QED) is 0.846. The molecule has 0 saturated heterocycles. The third kappa shape index (κ3) is 6.15. The number of aliphatic hydroxyl groups is 1. The van der Waals surface area contributed by atoms with Crippen LogP contribution in [0.3, 0.4) is 0 Å². The van der Waals surface area contributed by atoms with Gasteiger partial charge in [0.15, 0.2) is 0 Å². The van der Waals surface area contributed by atoms with Gasteiger partial charge in [-0.2, -0.15) is 0 Å². The second kappa shape index (κ2) is 7.09. The maximum Gasteiger partial charge on any atom is 0.124 e. The van der Waals surface area contributed by atoms with Crippen LogP contribution in [0.1, 0.15) is 25.8 Å². The van der Waals surface area contributed by atoms with E-state index < -0.39 is 0 Å². The van der Waals surface area contributed by atoms with Crippen LogP contribution in [0.2, 0.25) is 0 Å². The first kappa shape index (κ1) is 14.6. The van der Waals surface area contributed by atoms with Crippen LogP contribution in [0.25, 0.3) is 0 Å². The monoisotopic (exact) mass is 303 g/mol. The number of benzene rings is 1. The van der Waals surface area contributed by atoms with Gasteiger partial charge in [0.05, 0.1) is 6.10 Å². The van der Waals surface area contributed by atoms with Gasteiger partial charge in [-0.25, -0.2) is 4.39 Å². The van der Waals surface area contributed by atoms with Crippen LogP contribution in [0.5, 0.6) is 0 Å². The van der Waals surface area contributed by atoms with Crippen molar-refractivity contribution in [1.29, 1.82) is 0 Å². The van der Waals surface area contributed by atoms with E-state index in [0.29, 0.717) is 19.0 Å². The van der Waals surface area contributed by atoms with E-state index in [4.69, 9.17) is 0 Å². The Morgan fingerprint density at radius 1 is 1.35 bits per heavy atom. The summed E-state index contributed by atoms with van der Waals surface area (Å²) >= 11 is 3.25. The smallest absolute Gasteiger partial charge is 0.124 e. The molecule has 0 heterocycles. The van der Waals surface area contributed by atoms with Gasteiger partial charge in [-0.3, -0.25) is 0 Å². The van der Waals surface area contributed by atoms with Gasteiger partial charge in [-0.1, -0.05) is 29.8 Å². The normalized spacial score (nSPS) is 13.1. The third-order valence-electron chi connectivity index (χ3n) is 2.37. The summed E-state index contributed by atoms with van der Waals surface area (Å²) in [4.78, 5) is 0. The Hall–Kier alpha value is -0.450. The molecule has 0 fully saturated rings. The summed E-state index contributed by atoms with van der Waals surface area (Å²) in [7, 11) is 0.